The average molecular weight is 329 g/mol. The zero-order chi connectivity index (χ0) is 17.2. The molecule has 2 N–H and O–H groups in total. The monoisotopic (exact) mass is 329 g/mol. The molecule has 23 heavy (non-hydrogen) atoms. The topological polar surface area (TPSA) is 81.0 Å². The standard InChI is InChI=1S/C13H14F3N5O2/c1-8-3-5-20(2)11(22)10(8)18-12(23)17-9-4-6-21(19-9)7-13(14,15)16/h3-6H,7H2,1-2H3,(H2,17,18,19,23). The van der Waals surface area contributed by atoms with Gasteiger partial charge in [0.25, 0.3) is 5.56 Å². The Morgan fingerprint density at radius 1 is 1.26 bits per heavy atom. The second-order valence-electron chi connectivity index (χ2n) is 4.88. The predicted molar refractivity (Wildman–Crippen MR) is 77.3 cm³/mol. The molecule has 2 aromatic rings. The van der Waals surface area contributed by atoms with E-state index in [2.05, 4.69) is 15.7 Å². The SMILES string of the molecule is Cc1ccn(C)c(=O)c1NC(=O)Nc1ccn(CC(F)(F)F)n1. The Labute approximate surface area is 128 Å². The Kier molecular flexibility index (Phi) is 4.43. The maximum absolute atomic E-state index is 12.2. The molecule has 0 fully saturated rings. The molecule has 0 aliphatic heterocycles. The summed E-state index contributed by atoms with van der Waals surface area (Å²) < 4.78 is 38.6. The van der Waals surface area contributed by atoms with Crippen LogP contribution in [0.15, 0.2) is 29.3 Å². The van der Waals surface area contributed by atoms with Gasteiger partial charge in [0.1, 0.15) is 12.2 Å². The van der Waals surface area contributed by atoms with Crippen molar-refractivity contribution < 1.29 is 18.0 Å². The molecule has 124 valence electrons. The number of aryl methyl sites for hydroxylation is 2. The molecular weight excluding hydrogens is 315 g/mol. The zero-order valence-electron chi connectivity index (χ0n) is 12.3. The van der Waals surface area contributed by atoms with E-state index in [1.807, 2.05) is 0 Å². The lowest BCUT2D eigenvalue weighted by atomic mass is 10.2. The van der Waals surface area contributed by atoms with Crippen molar-refractivity contribution in [1.82, 2.24) is 14.3 Å². The highest BCUT2D eigenvalue weighted by molar-refractivity contribution is 5.99. The van der Waals surface area contributed by atoms with Crippen LogP contribution in [0.2, 0.25) is 0 Å². The number of amides is 2. The van der Waals surface area contributed by atoms with Crippen molar-refractivity contribution in [1.29, 1.82) is 0 Å². The minimum atomic E-state index is -4.40. The molecule has 10 heteroatoms. The molecule has 0 aromatic carbocycles. The van der Waals surface area contributed by atoms with E-state index in [4.69, 9.17) is 0 Å². The van der Waals surface area contributed by atoms with E-state index in [1.54, 1.807) is 19.2 Å². The molecule has 0 unspecified atom stereocenters. The number of halogens is 3. The molecule has 2 aromatic heterocycles. The van der Waals surface area contributed by atoms with Crippen molar-refractivity contribution in [3.63, 3.8) is 0 Å². The fourth-order valence-corrected chi connectivity index (χ4v) is 1.83. The van der Waals surface area contributed by atoms with E-state index in [0.717, 1.165) is 6.20 Å². The molecule has 0 saturated carbocycles. The van der Waals surface area contributed by atoms with Crippen LogP contribution in [-0.2, 0) is 13.6 Å². The van der Waals surface area contributed by atoms with Gasteiger partial charge in [0, 0.05) is 25.5 Å². The number of nitrogens with zero attached hydrogens (tertiary/aromatic N) is 3. The molecule has 0 atom stereocenters. The Morgan fingerprint density at radius 3 is 2.61 bits per heavy atom. The lowest BCUT2D eigenvalue weighted by Crippen LogP contribution is -2.28. The van der Waals surface area contributed by atoms with Crippen molar-refractivity contribution in [3.05, 3.63) is 40.4 Å². The van der Waals surface area contributed by atoms with Crippen molar-refractivity contribution in [2.24, 2.45) is 7.05 Å². The number of aromatic nitrogens is 3. The number of nitrogens with one attached hydrogen (secondary N) is 2. The van der Waals surface area contributed by atoms with Crippen LogP contribution in [0.3, 0.4) is 0 Å². The molecule has 0 aliphatic carbocycles. The molecular formula is C13H14F3N5O2. The van der Waals surface area contributed by atoms with E-state index < -0.39 is 24.3 Å². The minimum Gasteiger partial charge on any atom is -0.317 e. The van der Waals surface area contributed by atoms with Crippen LogP contribution >= 0.6 is 0 Å². The second kappa shape index (κ2) is 6.15. The number of carbonyl (C=O) groups is 1. The van der Waals surface area contributed by atoms with Gasteiger partial charge < -0.3 is 9.88 Å². The quantitative estimate of drug-likeness (QED) is 0.905. The molecule has 0 bridgehead atoms. The first-order valence-corrected chi connectivity index (χ1v) is 6.50. The number of hydrogen-bond donors (Lipinski definition) is 2. The maximum Gasteiger partial charge on any atom is 0.408 e. The summed E-state index contributed by atoms with van der Waals surface area (Å²) in [4.78, 5) is 23.8. The Balaban J connectivity index is 2.06. The van der Waals surface area contributed by atoms with Gasteiger partial charge in [-0.15, -0.1) is 0 Å². The molecule has 2 amide bonds. The third-order valence-corrected chi connectivity index (χ3v) is 2.94. The molecule has 2 heterocycles. The lowest BCUT2D eigenvalue weighted by Gasteiger charge is -2.09. The molecule has 0 saturated heterocycles. The molecule has 2 rings (SSSR count). The fraction of sp³-hybridized carbons (Fsp3) is 0.308. The third-order valence-electron chi connectivity index (χ3n) is 2.94. The van der Waals surface area contributed by atoms with Crippen LogP contribution in [0.25, 0.3) is 0 Å². The van der Waals surface area contributed by atoms with Crippen molar-refractivity contribution in [3.8, 4) is 0 Å². The smallest absolute Gasteiger partial charge is 0.317 e. The van der Waals surface area contributed by atoms with Crippen LogP contribution < -0.4 is 16.2 Å². The van der Waals surface area contributed by atoms with Gasteiger partial charge in [0.15, 0.2) is 5.82 Å². The second-order valence-corrected chi connectivity index (χ2v) is 4.88. The van der Waals surface area contributed by atoms with Crippen LogP contribution in [-0.4, -0.2) is 26.6 Å². The molecule has 0 radical (unpaired) electrons. The average Bonchev–Trinajstić information content (AvgIpc) is 2.84. The Hall–Kier alpha value is -2.78. The fourth-order valence-electron chi connectivity index (χ4n) is 1.83. The zero-order valence-corrected chi connectivity index (χ0v) is 12.3. The van der Waals surface area contributed by atoms with Gasteiger partial charge in [0.2, 0.25) is 0 Å². The van der Waals surface area contributed by atoms with Crippen LogP contribution in [0, 0.1) is 6.92 Å². The highest BCUT2D eigenvalue weighted by Gasteiger charge is 2.28. The summed E-state index contributed by atoms with van der Waals surface area (Å²) in [5.41, 5.74) is 0.246. The minimum absolute atomic E-state index is 0.0582. The highest BCUT2D eigenvalue weighted by atomic mass is 19.4. The summed E-state index contributed by atoms with van der Waals surface area (Å²) >= 11 is 0. The number of pyridine rings is 1. The van der Waals surface area contributed by atoms with Crippen LogP contribution in [0.4, 0.5) is 29.5 Å². The number of hydrogen-bond acceptors (Lipinski definition) is 3. The van der Waals surface area contributed by atoms with Gasteiger partial charge in [0.05, 0.1) is 0 Å². The number of rotatable bonds is 3. The number of alkyl halides is 3. The van der Waals surface area contributed by atoms with Gasteiger partial charge >= 0.3 is 12.2 Å². The van der Waals surface area contributed by atoms with Gasteiger partial charge in [-0.3, -0.25) is 14.8 Å². The summed E-state index contributed by atoms with van der Waals surface area (Å²) in [6.07, 6.45) is -1.76. The van der Waals surface area contributed by atoms with E-state index in [1.165, 1.54) is 17.7 Å². The number of anilines is 2. The van der Waals surface area contributed by atoms with E-state index >= 15 is 0 Å². The van der Waals surface area contributed by atoms with Gasteiger partial charge in [-0.2, -0.15) is 18.3 Å². The van der Waals surface area contributed by atoms with Gasteiger partial charge in [-0.1, -0.05) is 0 Å². The van der Waals surface area contributed by atoms with E-state index in [-0.39, 0.29) is 11.5 Å². The van der Waals surface area contributed by atoms with Crippen molar-refractivity contribution in [2.45, 2.75) is 19.6 Å². The van der Waals surface area contributed by atoms with Gasteiger partial charge in [-0.25, -0.2) is 4.79 Å². The first-order chi connectivity index (χ1) is 10.7. The summed E-state index contributed by atoms with van der Waals surface area (Å²) in [6.45, 7) is 0.393. The van der Waals surface area contributed by atoms with Crippen molar-refractivity contribution in [2.75, 3.05) is 10.6 Å². The van der Waals surface area contributed by atoms with Crippen molar-refractivity contribution >= 4 is 17.5 Å². The summed E-state index contributed by atoms with van der Waals surface area (Å²) in [5.74, 6) is -0.0582. The number of urea groups is 1. The van der Waals surface area contributed by atoms with Crippen LogP contribution in [0.1, 0.15) is 5.56 Å². The Bertz CT molecular complexity index is 779. The normalized spacial score (nSPS) is 11.3. The summed E-state index contributed by atoms with van der Waals surface area (Å²) in [7, 11) is 1.53. The third kappa shape index (κ3) is 4.34. The lowest BCUT2D eigenvalue weighted by molar-refractivity contribution is -0.142. The largest absolute Gasteiger partial charge is 0.408 e. The van der Waals surface area contributed by atoms with Crippen LogP contribution in [0.5, 0.6) is 0 Å². The first kappa shape index (κ1) is 16.6. The van der Waals surface area contributed by atoms with Gasteiger partial charge in [-0.05, 0) is 18.6 Å². The summed E-state index contributed by atoms with van der Waals surface area (Å²) in [6, 6.07) is 2.10. The first-order valence-electron chi connectivity index (χ1n) is 6.50. The van der Waals surface area contributed by atoms with E-state index in [9.17, 15) is 22.8 Å². The Morgan fingerprint density at radius 2 is 1.96 bits per heavy atom. The maximum atomic E-state index is 12.2. The molecule has 7 nitrogen and oxygen atoms in total. The summed E-state index contributed by atoms with van der Waals surface area (Å²) in [5, 5.41) is 8.22. The highest BCUT2D eigenvalue weighted by Crippen LogP contribution is 2.17. The number of carbonyl (C=O) groups excluding carboxylic acids is 1. The molecule has 0 spiro atoms. The predicted octanol–water partition coefficient (Wildman–Crippen LogP) is 2.10. The molecule has 0 aliphatic rings. The van der Waals surface area contributed by atoms with E-state index in [0.29, 0.717) is 10.2 Å².